The van der Waals surface area contributed by atoms with E-state index in [4.69, 9.17) is 11.6 Å². The molecule has 1 amide bonds. The predicted octanol–water partition coefficient (Wildman–Crippen LogP) is 0.569. The lowest BCUT2D eigenvalue weighted by molar-refractivity contribution is 0.230. The third-order valence-electron chi connectivity index (χ3n) is 1.43. The number of hydrogen-bond donors (Lipinski definition) is 0. The Balaban J connectivity index is 2.31. The van der Waals surface area contributed by atoms with Crippen LogP contribution in [0, 0.1) is 0 Å². The first-order valence-electron chi connectivity index (χ1n) is 3.43. The summed E-state index contributed by atoms with van der Waals surface area (Å²) in [6.07, 6.45) is 3.04. The highest BCUT2D eigenvalue weighted by atomic mass is 35.5. The Labute approximate surface area is 74.9 Å². The fourth-order valence-corrected chi connectivity index (χ4v) is 0.773. The Bertz CT molecular complexity index is 248. The first kappa shape index (κ1) is 8.99. The molecule has 12 heavy (non-hydrogen) atoms. The van der Waals surface area contributed by atoms with Crippen LogP contribution in [0.3, 0.4) is 0 Å². The van der Waals surface area contributed by atoms with E-state index in [0.29, 0.717) is 13.1 Å². The lowest BCUT2D eigenvalue weighted by Gasteiger charge is -2.11. The third kappa shape index (κ3) is 2.50. The topological polar surface area (TPSA) is 51.0 Å². The molecule has 66 valence electrons. The fourth-order valence-electron chi connectivity index (χ4n) is 0.689. The molecular formula is C6H9ClN4O. The smallest absolute Gasteiger partial charge is 0.316 e. The molecule has 0 radical (unpaired) electrons. The van der Waals surface area contributed by atoms with E-state index in [2.05, 4.69) is 10.1 Å². The van der Waals surface area contributed by atoms with Crippen LogP contribution in [0.2, 0.25) is 0 Å². The van der Waals surface area contributed by atoms with Crippen LogP contribution in [0.5, 0.6) is 0 Å². The highest BCUT2D eigenvalue weighted by molar-refractivity contribution is 6.62. The summed E-state index contributed by atoms with van der Waals surface area (Å²) in [6, 6.07) is 0. The van der Waals surface area contributed by atoms with E-state index in [1.807, 2.05) is 0 Å². The maximum Gasteiger partial charge on any atom is 0.316 e. The van der Waals surface area contributed by atoms with E-state index in [1.54, 1.807) is 18.1 Å². The number of nitrogens with zero attached hydrogens (tertiary/aromatic N) is 4. The molecule has 0 fully saturated rings. The van der Waals surface area contributed by atoms with Crippen LogP contribution in [0.25, 0.3) is 0 Å². The van der Waals surface area contributed by atoms with Crippen LogP contribution >= 0.6 is 11.6 Å². The van der Waals surface area contributed by atoms with Gasteiger partial charge in [0.05, 0.1) is 6.54 Å². The standard InChI is InChI=1S/C6H9ClN4O/c1-10(6(7)12)2-3-11-5-8-4-9-11/h4-5H,2-3H2,1H3. The van der Waals surface area contributed by atoms with Gasteiger partial charge in [-0.2, -0.15) is 5.10 Å². The second kappa shape index (κ2) is 4.06. The zero-order chi connectivity index (χ0) is 8.97. The summed E-state index contributed by atoms with van der Waals surface area (Å²) in [5.74, 6) is 0. The highest BCUT2D eigenvalue weighted by Crippen LogP contribution is 1.92. The van der Waals surface area contributed by atoms with E-state index < -0.39 is 5.37 Å². The van der Waals surface area contributed by atoms with Crippen LogP contribution in [-0.2, 0) is 6.54 Å². The van der Waals surface area contributed by atoms with E-state index in [0.717, 1.165) is 0 Å². The van der Waals surface area contributed by atoms with Gasteiger partial charge in [-0.25, -0.2) is 4.98 Å². The van der Waals surface area contributed by atoms with Crippen LogP contribution in [0.4, 0.5) is 4.79 Å². The number of halogens is 1. The molecule has 0 unspecified atom stereocenters. The molecule has 0 N–H and O–H groups in total. The summed E-state index contributed by atoms with van der Waals surface area (Å²) in [5, 5.41) is 3.41. The van der Waals surface area contributed by atoms with Crippen molar-refractivity contribution in [1.82, 2.24) is 19.7 Å². The van der Waals surface area contributed by atoms with E-state index >= 15 is 0 Å². The molecule has 0 aliphatic heterocycles. The van der Waals surface area contributed by atoms with Gasteiger partial charge >= 0.3 is 5.37 Å². The molecule has 1 heterocycles. The molecule has 5 nitrogen and oxygen atoms in total. The Kier molecular flexibility index (Phi) is 3.04. The lowest BCUT2D eigenvalue weighted by atomic mass is 10.6. The second-order valence-corrected chi connectivity index (χ2v) is 2.66. The molecule has 1 rings (SSSR count). The zero-order valence-electron chi connectivity index (χ0n) is 6.64. The molecule has 0 atom stereocenters. The van der Waals surface area contributed by atoms with Crippen molar-refractivity contribution in [2.24, 2.45) is 0 Å². The van der Waals surface area contributed by atoms with Gasteiger partial charge < -0.3 is 4.90 Å². The molecule has 1 aromatic rings. The van der Waals surface area contributed by atoms with Crippen molar-refractivity contribution in [3.63, 3.8) is 0 Å². The predicted molar refractivity (Wildman–Crippen MR) is 43.9 cm³/mol. The minimum absolute atomic E-state index is 0.463. The molecule has 0 bridgehead atoms. The first-order chi connectivity index (χ1) is 5.70. The monoisotopic (exact) mass is 188 g/mol. The van der Waals surface area contributed by atoms with Gasteiger partial charge in [-0.3, -0.25) is 9.48 Å². The van der Waals surface area contributed by atoms with Crippen molar-refractivity contribution >= 4 is 17.0 Å². The summed E-state index contributed by atoms with van der Waals surface area (Å²) in [5.41, 5.74) is 0. The van der Waals surface area contributed by atoms with Gasteiger partial charge in [-0.05, 0) is 11.6 Å². The van der Waals surface area contributed by atoms with Gasteiger partial charge in [0, 0.05) is 13.6 Å². The number of likely N-dealkylation sites (N-methyl/N-ethyl adjacent to an activating group) is 1. The van der Waals surface area contributed by atoms with Crippen molar-refractivity contribution in [2.45, 2.75) is 6.54 Å². The summed E-state index contributed by atoms with van der Waals surface area (Å²) in [4.78, 5) is 15.7. The number of carbonyl (C=O) groups excluding carboxylic acids is 1. The Hall–Kier alpha value is -1.10. The van der Waals surface area contributed by atoms with Gasteiger partial charge in [-0.15, -0.1) is 0 Å². The molecular weight excluding hydrogens is 180 g/mol. The van der Waals surface area contributed by atoms with Gasteiger partial charge in [0.1, 0.15) is 12.7 Å². The molecule has 0 saturated carbocycles. The molecule has 0 aliphatic rings. The molecule has 0 saturated heterocycles. The van der Waals surface area contributed by atoms with Crippen molar-refractivity contribution < 1.29 is 4.79 Å². The maximum absolute atomic E-state index is 10.5. The molecule has 1 aromatic heterocycles. The minimum atomic E-state index is -0.463. The summed E-state index contributed by atoms with van der Waals surface area (Å²) in [6.45, 7) is 1.14. The van der Waals surface area contributed by atoms with Crippen molar-refractivity contribution in [2.75, 3.05) is 13.6 Å². The molecule has 6 heteroatoms. The third-order valence-corrected chi connectivity index (χ3v) is 1.72. The summed E-state index contributed by atoms with van der Waals surface area (Å²) in [7, 11) is 1.63. The second-order valence-electron chi connectivity index (χ2n) is 2.33. The lowest BCUT2D eigenvalue weighted by Crippen LogP contribution is -2.25. The highest BCUT2D eigenvalue weighted by Gasteiger charge is 2.03. The SMILES string of the molecule is CN(CCn1cncn1)C(=O)Cl. The van der Waals surface area contributed by atoms with Gasteiger partial charge in [0.15, 0.2) is 0 Å². The zero-order valence-corrected chi connectivity index (χ0v) is 7.40. The van der Waals surface area contributed by atoms with Crippen molar-refractivity contribution in [1.29, 1.82) is 0 Å². The first-order valence-corrected chi connectivity index (χ1v) is 3.81. The van der Waals surface area contributed by atoms with Gasteiger partial charge in [-0.1, -0.05) is 0 Å². The van der Waals surface area contributed by atoms with Crippen LogP contribution in [0.15, 0.2) is 12.7 Å². The number of rotatable bonds is 3. The molecule has 0 aromatic carbocycles. The minimum Gasteiger partial charge on any atom is -0.330 e. The van der Waals surface area contributed by atoms with Crippen molar-refractivity contribution in [3.8, 4) is 0 Å². The summed E-state index contributed by atoms with van der Waals surface area (Å²) < 4.78 is 1.64. The van der Waals surface area contributed by atoms with Crippen LogP contribution in [-0.4, -0.2) is 38.6 Å². The Morgan fingerprint density at radius 3 is 3.00 bits per heavy atom. The summed E-state index contributed by atoms with van der Waals surface area (Å²) >= 11 is 5.21. The maximum atomic E-state index is 10.5. The normalized spacial score (nSPS) is 9.83. The van der Waals surface area contributed by atoms with E-state index in [-0.39, 0.29) is 0 Å². The average molecular weight is 189 g/mol. The van der Waals surface area contributed by atoms with E-state index in [9.17, 15) is 4.79 Å². The van der Waals surface area contributed by atoms with E-state index in [1.165, 1.54) is 11.2 Å². The number of amides is 1. The number of carbonyl (C=O) groups is 1. The fraction of sp³-hybridized carbons (Fsp3) is 0.500. The number of aromatic nitrogens is 3. The molecule has 0 aliphatic carbocycles. The van der Waals surface area contributed by atoms with Gasteiger partial charge in [0.25, 0.3) is 0 Å². The Morgan fingerprint density at radius 1 is 1.75 bits per heavy atom. The number of hydrogen-bond acceptors (Lipinski definition) is 3. The quantitative estimate of drug-likeness (QED) is 0.515. The average Bonchev–Trinajstić information content (AvgIpc) is 2.51. The van der Waals surface area contributed by atoms with Crippen LogP contribution < -0.4 is 0 Å². The Morgan fingerprint density at radius 2 is 2.50 bits per heavy atom. The van der Waals surface area contributed by atoms with Crippen LogP contribution in [0.1, 0.15) is 0 Å². The van der Waals surface area contributed by atoms with Crippen molar-refractivity contribution in [3.05, 3.63) is 12.7 Å². The molecule has 0 spiro atoms. The van der Waals surface area contributed by atoms with Gasteiger partial charge in [0.2, 0.25) is 0 Å². The largest absolute Gasteiger partial charge is 0.330 e.